The Kier molecular flexibility index (Phi) is 6.21. The highest BCUT2D eigenvalue weighted by molar-refractivity contribution is 7.99. The molecule has 1 aliphatic rings. The maximum Gasteiger partial charge on any atom is 0.277 e. The Morgan fingerprint density at radius 2 is 2.32 bits per heavy atom. The van der Waals surface area contributed by atoms with E-state index in [-0.39, 0.29) is 29.1 Å². The van der Waals surface area contributed by atoms with Crippen LogP contribution in [0.3, 0.4) is 0 Å². The van der Waals surface area contributed by atoms with Gasteiger partial charge in [-0.25, -0.2) is 8.42 Å². The second-order valence-electron chi connectivity index (χ2n) is 5.07. The fourth-order valence-electron chi connectivity index (χ4n) is 2.13. The topological polar surface area (TPSA) is 111 Å². The molecule has 0 unspecified atom stereocenters. The van der Waals surface area contributed by atoms with Gasteiger partial charge in [0.05, 0.1) is 23.9 Å². The molecule has 1 aromatic rings. The van der Waals surface area contributed by atoms with E-state index in [9.17, 15) is 13.2 Å². The molecular weight excluding hydrogens is 330 g/mol. The second kappa shape index (κ2) is 7.93. The van der Waals surface area contributed by atoms with E-state index >= 15 is 0 Å². The molecular formula is C12H19N3O5S2. The van der Waals surface area contributed by atoms with Crippen molar-refractivity contribution in [1.29, 1.82) is 0 Å². The van der Waals surface area contributed by atoms with Crippen LogP contribution in [0.1, 0.15) is 12.3 Å². The first-order chi connectivity index (χ1) is 10.5. The largest absolute Gasteiger partial charge is 0.416 e. The van der Waals surface area contributed by atoms with Crippen molar-refractivity contribution in [1.82, 2.24) is 15.5 Å². The van der Waals surface area contributed by atoms with Crippen LogP contribution < -0.4 is 5.32 Å². The lowest BCUT2D eigenvalue weighted by Gasteiger charge is -2.02. The minimum atomic E-state index is -2.90. The Hall–Kier alpha value is -1.13. The van der Waals surface area contributed by atoms with Crippen molar-refractivity contribution in [3.8, 4) is 0 Å². The van der Waals surface area contributed by atoms with Gasteiger partial charge < -0.3 is 14.5 Å². The van der Waals surface area contributed by atoms with Gasteiger partial charge in [-0.2, -0.15) is 0 Å². The molecule has 2 heterocycles. The lowest BCUT2D eigenvalue weighted by atomic mass is 10.1. The van der Waals surface area contributed by atoms with Gasteiger partial charge in [-0.05, 0) is 12.3 Å². The summed E-state index contributed by atoms with van der Waals surface area (Å²) in [4.78, 5) is 11.5. The molecule has 0 saturated carbocycles. The number of hydrogen-bond acceptors (Lipinski definition) is 8. The van der Waals surface area contributed by atoms with Gasteiger partial charge in [-0.1, -0.05) is 11.8 Å². The van der Waals surface area contributed by atoms with Crippen molar-refractivity contribution in [2.75, 3.05) is 37.5 Å². The highest BCUT2D eigenvalue weighted by Crippen LogP contribution is 2.23. The average Bonchev–Trinajstić information content (AvgIpc) is 3.04. The number of carbonyl (C=O) groups is 1. The molecule has 0 aromatic carbocycles. The van der Waals surface area contributed by atoms with Crippen LogP contribution in [-0.2, 0) is 25.8 Å². The fourth-order valence-corrected chi connectivity index (χ4v) is 4.60. The normalized spacial score (nSPS) is 20.1. The van der Waals surface area contributed by atoms with Gasteiger partial charge in [0.15, 0.2) is 9.84 Å². The summed E-state index contributed by atoms with van der Waals surface area (Å²) in [5, 5.41) is 10.8. The van der Waals surface area contributed by atoms with Crippen LogP contribution in [0.25, 0.3) is 0 Å². The maximum absolute atomic E-state index is 11.5. The van der Waals surface area contributed by atoms with Gasteiger partial charge in [-0.15, -0.1) is 10.2 Å². The highest BCUT2D eigenvalue weighted by Gasteiger charge is 2.29. The first kappa shape index (κ1) is 17.2. The molecule has 1 saturated heterocycles. The van der Waals surface area contributed by atoms with Gasteiger partial charge in [0, 0.05) is 20.1 Å². The molecule has 0 spiro atoms. The quantitative estimate of drug-likeness (QED) is 0.512. The summed E-state index contributed by atoms with van der Waals surface area (Å²) < 4.78 is 33.1. The summed E-state index contributed by atoms with van der Waals surface area (Å²) >= 11 is 1.15. The van der Waals surface area contributed by atoms with Crippen molar-refractivity contribution < 1.29 is 22.4 Å². The van der Waals surface area contributed by atoms with Crippen LogP contribution in [0.15, 0.2) is 9.64 Å². The zero-order valence-electron chi connectivity index (χ0n) is 12.3. The Balaban J connectivity index is 1.73. The van der Waals surface area contributed by atoms with Gasteiger partial charge in [-0.3, -0.25) is 4.79 Å². The third-order valence-electron chi connectivity index (χ3n) is 3.19. The Labute approximate surface area is 133 Å². The molecule has 1 fully saturated rings. The van der Waals surface area contributed by atoms with E-state index in [1.165, 1.54) is 0 Å². The summed E-state index contributed by atoms with van der Waals surface area (Å²) in [5.41, 5.74) is 0. The smallest absolute Gasteiger partial charge is 0.277 e. The molecule has 8 nitrogen and oxygen atoms in total. The van der Waals surface area contributed by atoms with Crippen molar-refractivity contribution in [2.45, 2.75) is 18.1 Å². The van der Waals surface area contributed by atoms with Gasteiger partial charge in [0.1, 0.15) is 0 Å². The Morgan fingerprint density at radius 1 is 1.50 bits per heavy atom. The van der Waals surface area contributed by atoms with Crippen LogP contribution in [0.4, 0.5) is 0 Å². The lowest BCUT2D eigenvalue weighted by Crippen LogP contribution is -2.28. The standard InChI is InChI=1S/C12H19N3O5S2/c1-19-4-3-13-10(16)7-21-12-15-14-11(20-12)6-9-2-5-22(17,18)8-9/h9H,2-8H2,1H3,(H,13,16)/t9-/m1/s1. The Bertz CT molecular complexity index is 602. The number of amides is 1. The molecule has 2 rings (SSSR count). The molecule has 0 aliphatic carbocycles. The summed E-state index contributed by atoms with van der Waals surface area (Å²) in [6, 6.07) is 0. The fraction of sp³-hybridized carbons (Fsp3) is 0.750. The Morgan fingerprint density at radius 3 is 3.00 bits per heavy atom. The monoisotopic (exact) mass is 349 g/mol. The molecule has 1 aromatic heterocycles. The minimum absolute atomic E-state index is 0.0423. The zero-order chi connectivity index (χ0) is 16.0. The zero-order valence-corrected chi connectivity index (χ0v) is 13.9. The van der Waals surface area contributed by atoms with Crippen molar-refractivity contribution in [3.63, 3.8) is 0 Å². The van der Waals surface area contributed by atoms with E-state index in [1.807, 2.05) is 0 Å². The number of nitrogens with zero attached hydrogens (tertiary/aromatic N) is 2. The van der Waals surface area contributed by atoms with Crippen LogP contribution in [-0.4, -0.2) is 62.0 Å². The average molecular weight is 349 g/mol. The van der Waals surface area contributed by atoms with Crippen molar-refractivity contribution in [3.05, 3.63) is 5.89 Å². The van der Waals surface area contributed by atoms with E-state index in [1.54, 1.807) is 7.11 Å². The number of methoxy groups -OCH3 is 1. The molecule has 1 N–H and O–H groups in total. The van der Waals surface area contributed by atoms with E-state index in [0.717, 1.165) is 11.8 Å². The third kappa shape index (κ3) is 5.58. The third-order valence-corrected chi connectivity index (χ3v) is 5.85. The number of carbonyl (C=O) groups excluding carboxylic acids is 1. The molecule has 1 atom stereocenters. The summed E-state index contributed by atoms with van der Waals surface area (Å²) in [5.74, 6) is 0.923. The summed E-state index contributed by atoms with van der Waals surface area (Å²) in [6.07, 6.45) is 1.10. The molecule has 1 aliphatic heterocycles. The number of aromatic nitrogens is 2. The molecule has 22 heavy (non-hydrogen) atoms. The predicted octanol–water partition coefficient (Wildman–Crippen LogP) is -0.0985. The number of hydrogen-bond donors (Lipinski definition) is 1. The predicted molar refractivity (Wildman–Crippen MR) is 80.4 cm³/mol. The first-order valence-electron chi connectivity index (χ1n) is 6.90. The van der Waals surface area contributed by atoms with E-state index in [0.29, 0.717) is 37.1 Å². The second-order valence-corrected chi connectivity index (χ2v) is 8.22. The van der Waals surface area contributed by atoms with Gasteiger partial charge >= 0.3 is 0 Å². The minimum Gasteiger partial charge on any atom is -0.416 e. The number of rotatable bonds is 8. The van der Waals surface area contributed by atoms with E-state index in [2.05, 4.69) is 15.5 Å². The van der Waals surface area contributed by atoms with E-state index in [4.69, 9.17) is 9.15 Å². The van der Waals surface area contributed by atoms with Gasteiger partial charge in [0.25, 0.3) is 5.22 Å². The van der Waals surface area contributed by atoms with Crippen LogP contribution in [0.5, 0.6) is 0 Å². The number of sulfone groups is 1. The number of nitrogens with one attached hydrogen (secondary N) is 1. The van der Waals surface area contributed by atoms with E-state index < -0.39 is 9.84 Å². The molecule has 124 valence electrons. The first-order valence-corrected chi connectivity index (χ1v) is 9.70. The highest BCUT2D eigenvalue weighted by atomic mass is 32.2. The lowest BCUT2D eigenvalue weighted by molar-refractivity contribution is -0.118. The summed E-state index contributed by atoms with van der Waals surface area (Å²) in [7, 11) is -1.33. The van der Waals surface area contributed by atoms with Crippen molar-refractivity contribution >= 4 is 27.5 Å². The maximum atomic E-state index is 11.5. The van der Waals surface area contributed by atoms with Crippen LogP contribution in [0.2, 0.25) is 0 Å². The number of ether oxygens (including phenoxy) is 1. The van der Waals surface area contributed by atoms with Crippen LogP contribution >= 0.6 is 11.8 Å². The summed E-state index contributed by atoms with van der Waals surface area (Å²) in [6.45, 7) is 0.923. The SMILES string of the molecule is COCCNC(=O)CSc1nnc(C[C@H]2CCS(=O)(=O)C2)o1. The molecule has 0 radical (unpaired) electrons. The molecule has 1 amide bonds. The molecule has 0 bridgehead atoms. The molecule has 10 heteroatoms. The van der Waals surface area contributed by atoms with Crippen LogP contribution in [0, 0.1) is 5.92 Å². The number of thioether (sulfide) groups is 1. The van der Waals surface area contributed by atoms with Gasteiger partial charge in [0.2, 0.25) is 11.8 Å². The van der Waals surface area contributed by atoms with Crippen molar-refractivity contribution in [2.24, 2.45) is 5.92 Å².